The highest BCUT2D eigenvalue weighted by molar-refractivity contribution is 7.88. The summed E-state index contributed by atoms with van der Waals surface area (Å²) < 4.78 is 27.1. The Morgan fingerprint density at radius 1 is 1.10 bits per heavy atom. The average Bonchev–Trinajstić information content (AvgIpc) is 2.71. The third-order valence-electron chi connectivity index (χ3n) is 5.54. The van der Waals surface area contributed by atoms with Crippen molar-refractivity contribution in [2.45, 2.75) is 38.5 Å². The summed E-state index contributed by atoms with van der Waals surface area (Å²) in [4.78, 5) is 12.7. The van der Waals surface area contributed by atoms with Crippen LogP contribution in [0.2, 0.25) is 10.0 Å². The topological polar surface area (TPSA) is 66.5 Å². The van der Waals surface area contributed by atoms with Gasteiger partial charge in [-0.3, -0.25) is 4.79 Å². The first-order valence-electron chi connectivity index (χ1n) is 9.95. The fraction of sp³-hybridized carbons (Fsp3) is 0.409. The zero-order chi connectivity index (χ0) is 21.9. The summed E-state index contributed by atoms with van der Waals surface area (Å²) in [5, 5.41) is 3.73. The van der Waals surface area contributed by atoms with Crippen LogP contribution in [0.5, 0.6) is 0 Å². The summed E-state index contributed by atoms with van der Waals surface area (Å²) in [6.45, 7) is 4.59. The Morgan fingerprint density at radius 2 is 1.67 bits per heavy atom. The summed E-state index contributed by atoms with van der Waals surface area (Å²) in [6, 6.07) is 12.9. The van der Waals surface area contributed by atoms with Crippen LogP contribution in [-0.2, 0) is 20.6 Å². The lowest BCUT2D eigenvalue weighted by Gasteiger charge is -2.31. The van der Waals surface area contributed by atoms with Gasteiger partial charge >= 0.3 is 0 Å². The average molecular weight is 469 g/mol. The van der Waals surface area contributed by atoms with Gasteiger partial charge in [0.15, 0.2) is 0 Å². The number of amides is 1. The summed E-state index contributed by atoms with van der Waals surface area (Å²) in [7, 11) is -3.57. The van der Waals surface area contributed by atoms with Crippen molar-refractivity contribution in [1.29, 1.82) is 0 Å². The molecule has 1 unspecified atom stereocenters. The van der Waals surface area contributed by atoms with E-state index in [9.17, 15) is 13.2 Å². The Labute approximate surface area is 188 Å². The normalized spacial score (nSPS) is 16.9. The second-order valence-corrected chi connectivity index (χ2v) is 10.6. The molecule has 0 bridgehead atoms. The monoisotopic (exact) mass is 468 g/mol. The Hall–Kier alpha value is -1.60. The van der Waals surface area contributed by atoms with E-state index in [2.05, 4.69) is 5.32 Å². The second-order valence-electron chi connectivity index (χ2n) is 7.77. The number of benzene rings is 2. The molecule has 162 valence electrons. The largest absolute Gasteiger partial charge is 0.349 e. The van der Waals surface area contributed by atoms with Crippen LogP contribution < -0.4 is 5.32 Å². The van der Waals surface area contributed by atoms with Crippen molar-refractivity contribution in [2.24, 2.45) is 5.92 Å². The van der Waals surface area contributed by atoms with Gasteiger partial charge in [0, 0.05) is 34.6 Å². The van der Waals surface area contributed by atoms with Gasteiger partial charge in [-0.05, 0) is 44.4 Å². The van der Waals surface area contributed by atoms with Gasteiger partial charge in [0.1, 0.15) is 0 Å². The number of carbonyl (C=O) groups is 1. The molecular formula is C22H26Cl2N2O3S. The predicted molar refractivity (Wildman–Crippen MR) is 121 cm³/mol. The molecule has 0 aromatic heterocycles. The molecule has 30 heavy (non-hydrogen) atoms. The lowest BCUT2D eigenvalue weighted by Crippen LogP contribution is -2.43. The molecule has 8 heteroatoms. The molecule has 3 rings (SSSR count). The molecule has 1 aliphatic heterocycles. The highest BCUT2D eigenvalue weighted by Crippen LogP contribution is 2.29. The van der Waals surface area contributed by atoms with E-state index in [0.717, 1.165) is 5.56 Å². The zero-order valence-electron chi connectivity index (χ0n) is 17.1. The van der Waals surface area contributed by atoms with Gasteiger partial charge in [0.25, 0.3) is 0 Å². The first kappa shape index (κ1) is 23.1. The van der Waals surface area contributed by atoms with Gasteiger partial charge < -0.3 is 5.32 Å². The van der Waals surface area contributed by atoms with Crippen molar-refractivity contribution >= 4 is 39.1 Å². The van der Waals surface area contributed by atoms with Crippen LogP contribution in [0.15, 0.2) is 42.5 Å². The Balaban J connectivity index is 1.57. The van der Waals surface area contributed by atoms with Crippen LogP contribution in [0, 0.1) is 12.8 Å². The van der Waals surface area contributed by atoms with Gasteiger partial charge in [-0.25, -0.2) is 12.7 Å². The molecule has 1 amide bonds. The number of hydrogen-bond acceptors (Lipinski definition) is 3. The van der Waals surface area contributed by atoms with Gasteiger partial charge in [-0.2, -0.15) is 0 Å². The van der Waals surface area contributed by atoms with E-state index in [4.69, 9.17) is 23.2 Å². The summed E-state index contributed by atoms with van der Waals surface area (Å²) >= 11 is 12.3. The molecule has 0 saturated carbocycles. The first-order valence-corrected chi connectivity index (χ1v) is 12.3. The molecule has 1 saturated heterocycles. The molecule has 0 spiro atoms. The number of hydrogen-bond donors (Lipinski definition) is 1. The standard InChI is InChI=1S/C22H26Cl2N2O3S/c1-15-6-8-17(9-7-15)16(2)25-22(27)18-10-12-26(13-11-18)30(28,29)14-19-20(23)4-3-5-21(19)24/h3-9,16,18H,10-14H2,1-2H3,(H,25,27). The van der Waals surface area contributed by atoms with Gasteiger partial charge in [0.05, 0.1) is 11.8 Å². The molecule has 1 N–H and O–H groups in total. The van der Waals surface area contributed by atoms with Gasteiger partial charge in [0.2, 0.25) is 15.9 Å². The Morgan fingerprint density at radius 3 is 2.23 bits per heavy atom. The van der Waals surface area contributed by atoms with E-state index in [1.54, 1.807) is 18.2 Å². The molecule has 2 aromatic rings. The lowest BCUT2D eigenvalue weighted by molar-refractivity contribution is -0.126. The van der Waals surface area contributed by atoms with Crippen molar-refractivity contribution in [3.05, 3.63) is 69.2 Å². The molecule has 2 aromatic carbocycles. The molecule has 5 nitrogen and oxygen atoms in total. The van der Waals surface area contributed by atoms with E-state index in [1.807, 2.05) is 38.1 Å². The van der Waals surface area contributed by atoms with Crippen LogP contribution in [0.4, 0.5) is 0 Å². The summed E-state index contributed by atoms with van der Waals surface area (Å²) in [6.07, 6.45) is 0.976. The first-order chi connectivity index (χ1) is 14.2. The summed E-state index contributed by atoms with van der Waals surface area (Å²) in [5.74, 6) is -0.477. The number of sulfonamides is 1. The van der Waals surface area contributed by atoms with Crippen LogP contribution in [0.1, 0.15) is 42.5 Å². The van der Waals surface area contributed by atoms with Gasteiger partial charge in [-0.15, -0.1) is 0 Å². The third-order valence-corrected chi connectivity index (χ3v) is 8.06. The van der Waals surface area contributed by atoms with Crippen LogP contribution in [-0.4, -0.2) is 31.7 Å². The number of halogens is 2. The molecule has 0 aliphatic carbocycles. The van der Waals surface area contributed by atoms with E-state index in [0.29, 0.717) is 41.5 Å². The minimum Gasteiger partial charge on any atom is -0.349 e. The third kappa shape index (κ3) is 5.55. The number of carbonyl (C=O) groups excluding carboxylic acids is 1. The molecule has 1 atom stereocenters. The predicted octanol–water partition coefficient (Wildman–Crippen LogP) is 4.72. The zero-order valence-corrected chi connectivity index (χ0v) is 19.4. The molecule has 1 aliphatic rings. The number of aryl methyl sites for hydroxylation is 1. The van der Waals surface area contributed by atoms with Crippen molar-refractivity contribution < 1.29 is 13.2 Å². The van der Waals surface area contributed by atoms with Crippen LogP contribution in [0.25, 0.3) is 0 Å². The van der Waals surface area contributed by atoms with E-state index >= 15 is 0 Å². The molecule has 1 heterocycles. The number of piperidine rings is 1. The van der Waals surface area contributed by atoms with Crippen molar-refractivity contribution in [3.8, 4) is 0 Å². The SMILES string of the molecule is Cc1ccc(C(C)NC(=O)C2CCN(S(=O)(=O)Cc3c(Cl)cccc3Cl)CC2)cc1. The maximum atomic E-state index is 12.8. The fourth-order valence-corrected chi connectivity index (χ4v) is 5.92. The minimum absolute atomic E-state index is 0.0331. The van der Waals surface area contributed by atoms with Crippen molar-refractivity contribution in [1.82, 2.24) is 9.62 Å². The van der Waals surface area contributed by atoms with E-state index in [1.165, 1.54) is 9.87 Å². The lowest BCUT2D eigenvalue weighted by atomic mass is 9.96. The highest BCUT2D eigenvalue weighted by Gasteiger charge is 2.32. The Bertz CT molecular complexity index is 981. The molecular weight excluding hydrogens is 443 g/mol. The van der Waals surface area contributed by atoms with Crippen molar-refractivity contribution in [3.63, 3.8) is 0 Å². The smallest absolute Gasteiger partial charge is 0.223 e. The minimum atomic E-state index is -3.57. The molecule has 1 fully saturated rings. The highest BCUT2D eigenvalue weighted by atomic mass is 35.5. The Kier molecular flexibility index (Phi) is 7.45. The van der Waals surface area contributed by atoms with E-state index < -0.39 is 10.0 Å². The fourth-order valence-electron chi connectivity index (χ4n) is 3.61. The van der Waals surface area contributed by atoms with Crippen LogP contribution in [0.3, 0.4) is 0 Å². The second kappa shape index (κ2) is 9.69. The number of nitrogens with zero attached hydrogens (tertiary/aromatic N) is 1. The summed E-state index contributed by atoms with van der Waals surface area (Å²) in [5.41, 5.74) is 2.63. The van der Waals surface area contributed by atoms with Crippen molar-refractivity contribution in [2.75, 3.05) is 13.1 Å². The van der Waals surface area contributed by atoms with E-state index in [-0.39, 0.29) is 23.6 Å². The maximum absolute atomic E-state index is 12.8. The van der Waals surface area contributed by atoms with Gasteiger partial charge in [-0.1, -0.05) is 59.1 Å². The quantitative estimate of drug-likeness (QED) is 0.666. The number of nitrogens with one attached hydrogen (secondary N) is 1. The maximum Gasteiger partial charge on any atom is 0.223 e. The molecule has 0 radical (unpaired) electrons. The van der Waals surface area contributed by atoms with Crippen LogP contribution >= 0.6 is 23.2 Å². The number of rotatable bonds is 6.